The van der Waals surface area contributed by atoms with Crippen molar-refractivity contribution >= 4 is 0 Å². The second-order valence-electron chi connectivity index (χ2n) is 7.37. The summed E-state index contributed by atoms with van der Waals surface area (Å²) in [6, 6.07) is 8.39. The molecule has 2 fully saturated rings. The lowest BCUT2D eigenvalue weighted by atomic mass is 9.70. The molecule has 2 aliphatic rings. The van der Waals surface area contributed by atoms with Gasteiger partial charge >= 0.3 is 0 Å². The lowest BCUT2D eigenvalue weighted by Gasteiger charge is -2.45. The average Bonchev–Trinajstić information content (AvgIpc) is 2.36. The summed E-state index contributed by atoms with van der Waals surface area (Å²) in [7, 11) is 0. The van der Waals surface area contributed by atoms with Gasteiger partial charge in [0.05, 0.1) is 0 Å². The van der Waals surface area contributed by atoms with Gasteiger partial charge in [0.2, 0.25) is 0 Å². The Hall–Kier alpha value is -0.890. The highest BCUT2D eigenvalue weighted by molar-refractivity contribution is 5.23. The van der Waals surface area contributed by atoms with Crippen LogP contribution < -0.4 is 5.32 Å². The first-order valence-electron chi connectivity index (χ1n) is 8.06. The predicted molar refractivity (Wildman–Crippen MR) is 81.3 cm³/mol. The van der Waals surface area contributed by atoms with Crippen LogP contribution in [0.25, 0.3) is 0 Å². The molecule has 0 amide bonds. The summed E-state index contributed by atoms with van der Waals surface area (Å²) < 4.78 is 12.9. The van der Waals surface area contributed by atoms with Crippen molar-refractivity contribution in [3.05, 3.63) is 35.6 Å². The first kappa shape index (κ1) is 14.1. The lowest BCUT2D eigenvalue weighted by molar-refractivity contribution is 0.130. The molecule has 0 saturated heterocycles. The molecule has 1 N–H and O–H groups in total. The molecular weight excluding hydrogens is 249 g/mol. The number of halogens is 1. The first-order valence-corrected chi connectivity index (χ1v) is 8.06. The van der Waals surface area contributed by atoms with E-state index in [1.165, 1.54) is 44.1 Å². The van der Waals surface area contributed by atoms with Crippen molar-refractivity contribution < 1.29 is 4.39 Å². The lowest BCUT2D eigenvalue weighted by Crippen LogP contribution is -2.52. The molecule has 110 valence electrons. The molecule has 0 aromatic heterocycles. The second-order valence-corrected chi connectivity index (χ2v) is 7.37. The maximum Gasteiger partial charge on any atom is 0.123 e. The minimum Gasteiger partial charge on any atom is -0.311 e. The Morgan fingerprint density at radius 2 is 1.80 bits per heavy atom. The van der Waals surface area contributed by atoms with Crippen molar-refractivity contribution in [1.82, 2.24) is 5.32 Å². The topological polar surface area (TPSA) is 12.0 Å². The van der Waals surface area contributed by atoms with E-state index in [4.69, 9.17) is 0 Å². The van der Waals surface area contributed by atoms with Crippen LogP contribution in [0.15, 0.2) is 24.3 Å². The van der Waals surface area contributed by atoms with Gasteiger partial charge in [-0.05, 0) is 54.7 Å². The number of hydrogen-bond acceptors (Lipinski definition) is 1. The van der Waals surface area contributed by atoms with Crippen molar-refractivity contribution in [2.24, 2.45) is 5.41 Å². The first-order chi connectivity index (χ1) is 9.54. The summed E-state index contributed by atoms with van der Waals surface area (Å²) in [6.07, 6.45) is 7.84. The van der Waals surface area contributed by atoms with E-state index >= 15 is 0 Å². The smallest absolute Gasteiger partial charge is 0.123 e. The number of rotatable bonds is 3. The number of benzene rings is 1. The molecule has 20 heavy (non-hydrogen) atoms. The summed E-state index contributed by atoms with van der Waals surface area (Å²) in [5, 5.41) is 3.88. The van der Waals surface area contributed by atoms with Gasteiger partial charge in [0.25, 0.3) is 0 Å². The largest absolute Gasteiger partial charge is 0.311 e. The van der Waals surface area contributed by atoms with Gasteiger partial charge in [-0.2, -0.15) is 0 Å². The molecule has 0 heterocycles. The fraction of sp³-hybridized carbons (Fsp3) is 0.667. The summed E-state index contributed by atoms with van der Waals surface area (Å²) in [6.45, 7) is 4.81. The van der Waals surface area contributed by atoms with E-state index in [0.717, 1.165) is 0 Å². The quantitative estimate of drug-likeness (QED) is 0.848. The fourth-order valence-electron chi connectivity index (χ4n) is 3.85. The van der Waals surface area contributed by atoms with Gasteiger partial charge in [-0.1, -0.05) is 38.8 Å². The molecule has 2 aliphatic carbocycles. The third kappa shape index (κ3) is 2.90. The van der Waals surface area contributed by atoms with Crippen molar-refractivity contribution in [2.45, 2.75) is 70.4 Å². The van der Waals surface area contributed by atoms with Crippen LogP contribution in [0.2, 0.25) is 0 Å². The SMILES string of the molecule is CC1(C)CCCCC1NC1CC(c2ccc(F)cc2)C1. The highest BCUT2D eigenvalue weighted by Gasteiger charge is 2.37. The molecule has 1 atom stereocenters. The third-order valence-corrected chi connectivity index (χ3v) is 5.42. The highest BCUT2D eigenvalue weighted by atomic mass is 19.1. The van der Waals surface area contributed by atoms with Gasteiger partial charge in [-0.15, -0.1) is 0 Å². The maximum absolute atomic E-state index is 12.9. The van der Waals surface area contributed by atoms with Crippen molar-refractivity contribution in [3.63, 3.8) is 0 Å². The van der Waals surface area contributed by atoms with Crippen LogP contribution >= 0.6 is 0 Å². The zero-order valence-electron chi connectivity index (χ0n) is 12.7. The zero-order chi connectivity index (χ0) is 14.2. The zero-order valence-corrected chi connectivity index (χ0v) is 12.7. The van der Waals surface area contributed by atoms with E-state index in [1.54, 1.807) is 12.1 Å². The molecule has 0 bridgehead atoms. The van der Waals surface area contributed by atoms with Gasteiger partial charge in [0.15, 0.2) is 0 Å². The van der Waals surface area contributed by atoms with E-state index in [0.29, 0.717) is 23.4 Å². The standard InChI is InChI=1S/C18H26FN/c1-18(2)10-4-3-5-17(18)20-16-11-14(12-16)13-6-8-15(19)9-7-13/h6-9,14,16-17,20H,3-5,10-12H2,1-2H3. The van der Waals surface area contributed by atoms with Gasteiger partial charge in [0.1, 0.15) is 5.82 Å². The second kappa shape index (κ2) is 5.48. The van der Waals surface area contributed by atoms with Gasteiger partial charge in [-0.3, -0.25) is 0 Å². The summed E-state index contributed by atoms with van der Waals surface area (Å²) in [4.78, 5) is 0. The number of nitrogens with one attached hydrogen (secondary N) is 1. The van der Waals surface area contributed by atoms with Crippen LogP contribution in [0, 0.1) is 11.2 Å². The monoisotopic (exact) mass is 275 g/mol. The highest BCUT2D eigenvalue weighted by Crippen LogP contribution is 2.40. The Kier molecular flexibility index (Phi) is 3.85. The van der Waals surface area contributed by atoms with E-state index in [2.05, 4.69) is 19.2 Å². The summed E-state index contributed by atoms with van der Waals surface area (Å²) in [5.41, 5.74) is 1.74. The molecule has 1 aromatic rings. The van der Waals surface area contributed by atoms with E-state index < -0.39 is 0 Å². The molecule has 0 radical (unpaired) electrons. The van der Waals surface area contributed by atoms with Crippen molar-refractivity contribution in [3.8, 4) is 0 Å². The normalized spacial score (nSPS) is 32.6. The molecule has 0 aliphatic heterocycles. The van der Waals surface area contributed by atoms with Crippen LogP contribution in [0.5, 0.6) is 0 Å². The Labute approximate surface area is 122 Å². The van der Waals surface area contributed by atoms with E-state index in [9.17, 15) is 4.39 Å². The molecule has 1 unspecified atom stereocenters. The van der Waals surface area contributed by atoms with Crippen LogP contribution in [0.3, 0.4) is 0 Å². The Bertz CT molecular complexity index is 445. The predicted octanol–water partition coefficient (Wildman–Crippen LogP) is 4.63. The summed E-state index contributed by atoms with van der Waals surface area (Å²) >= 11 is 0. The van der Waals surface area contributed by atoms with Crippen LogP contribution in [0.4, 0.5) is 4.39 Å². The molecule has 2 saturated carbocycles. The average molecular weight is 275 g/mol. The van der Waals surface area contributed by atoms with Gasteiger partial charge in [-0.25, -0.2) is 4.39 Å². The van der Waals surface area contributed by atoms with Crippen LogP contribution in [0.1, 0.15) is 63.9 Å². The molecular formula is C18H26FN. The number of hydrogen-bond donors (Lipinski definition) is 1. The van der Waals surface area contributed by atoms with Crippen molar-refractivity contribution in [2.75, 3.05) is 0 Å². The minimum atomic E-state index is -0.133. The summed E-state index contributed by atoms with van der Waals surface area (Å²) in [5.74, 6) is 0.492. The molecule has 1 aromatic carbocycles. The Morgan fingerprint density at radius 3 is 2.45 bits per heavy atom. The molecule has 3 rings (SSSR count). The van der Waals surface area contributed by atoms with E-state index in [-0.39, 0.29) is 5.82 Å². The van der Waals surface area contributed by atoms with Gasteiger partial charge < -0.3 is 5.32 Å². The maximum atomic E-state index is 12.9. The molecule has 0 spiro atoms. The van der Waals surface area contributed by atoms with Crippen molar-refractivity contribution in [1.29, 1.82) is 0 Å². The third-order valence-electron chi connectivity index (χ3n) is 5.42. The van der Waals surface area contributed by atoms with Crippen LogP contribution in [-0.4, -0.2) is 12.1 Å². The minimum absolute atomic E-state index is 0.133. The Morgan fingerprint density at radius 1 is 1.10 bits per heavy atom. The Balaban J connectivity index is 1.52. The van der Waals surface area contributed by atoms with E-state index in [1.807, 2.05) is 12.1 Å². The fourth-order valence-corrected chi connectivity index (χ4v) is 3.85. The van der Waals surface area contributed by atoms with Crippen LogP contribution in [-0.2, 0) is 0 Å². The molecule has 2 heteroatoms. The molecule has 1 nitrogen and oxygen atoms in total. The van der Waals surface area contributed by atoms with Gasteiger partial charge in [0, 0.05) is 12.1 Å².